The van der Waals surface area contributed by atoms with Crippen molar-refractivity contribution in [1.29, 1.82) is 0 Å². The number of aromatic amines is 1. The zero-order valence-corrected chi connectivity index (χ0v) is 12.1. The molecule has 2 aromatic carbocycles. The van der Waals surface area contributed by atoms with Crippen molar-refractivity contribution in [3.05, 3.63) is 53.6 Å². The van der Waals surface area contributed by atoms with Crippen molar-refractivity contribution in [1.82, 2.24) is 4.98 Å². The molecule has 0 radical (unpaired) electrons. The number of methoxy groups -OCH3 is 1. The van der Waals surface area contributed by atoms with Crippen molar-refractivity contribution in [3.63, 3.8) is 0 Å². The lowest BCUT2D eigenvalue weighted by Gasteiger charge is -2.08. The van der Waals surface area contributed by atoms with E-state index in [4.69, 9.17) is 4.74 Å². The number of carbonyl (C=O) groups is 1. The smallest absolute Gasteiger partial charge is 0.418 e. The fraction of sp³-hybridized carbons (Fsp3) is 0.118. The van der Waals surface area contributed by atoms with Crippen LogP contribution in [0.4, 0.5) is 13.2 Å². The first-order chi connectivity index (χ1) is 11.0. The molecular weight excluding hydrogens is 307 g/mol. The van der Waals surface area contributed by atoms with Gasteiger partial charge >= 0.3 is 6.18 Å². The summed E-state index contributed by atoms with van der Waals surface area (Å²) >= 11 is 0. The second-order valence-electron chi connectivity index (χ2n) is 4.96. The van der Waals surface area contributed by atoms with Crippen LogP contribution in [0.2, 0.25) is 0 Å². The number of carbonyl (C=O) groups excluding carboxylic acids is 1. The van der Waals surface area contributed by atoms with E-state index in [0.29, 0.717) is 23.3 Å². The molecule has 0 atom stereocenters. The molecule has 0 saturated heterocycles. The second kappa shape index (κ2) is 5.46. The number of hydrogen-bond acceptors (Lipinski definition) is 2. The van der Waals surface area contributed by atoms with Gasteiger partial charge < -0.3 is 9.72 Å². The van der Waals surface area contributed by atoms with E-state index in [2.05, 4.69) is 4.98 Å². The van der Waals surface area contributed by atoms with Gasteiger partial charge in [0.15, 0.2) is 6.29 Å². The first-order valence-corrected chi connectivity index (χ1v) is 6.78. The van der Waals surface area contributed by atoms with E-state index in [-0.39, 0.29) is 16.5 Å². The summed E-state index contributed by atoms with van der Waals surface area (Å²) < 4.78 is 44.8. The molecule has 0 saturated carbocycles. The molecule has 118 valence electrons. The van der Waals surface area contributed by atoms with Gasteiger partial charge in [0.1, 0.15) is 5.75 Å². The molecule has 3 nitrogen and oxygen atoms in total. The summed E-state index contributed by atoms with van der Waals surface area (Å²) in [6.07, 6.45) is -3.96. The average Bonchev–Trinajstić information content (AvgIpc) is 2.91. The van der Waals surface area contributed by atoms with Crippen molar-refractivity contribution in [2.45, 2.75) is 6.18 Å². The highest BCUT2D eigenvalue weighted by atomic mass is 19.4. The van der Waals surface area contributed by atoms with Crippen LogP contribution in [0.1, 0.15) is 15.9 Å². The van der Waals surface area contributed by atoms with E-state index < -0.39 is 11.7 Å². The largest absolute Gasteiger partial charge is 0.496 e. The summed E-state index contributed by atoms with van der Waals surface area (Å²) in [5.41, 5.74) is 0.100. The number of hydrogen-bond donors (Lipinski definition) is 1. The number of rotatable bonds is 3. The Morgan fingerprint density at radius 3 is 2.48 bits per heavy atom. The molecule has 3 rings (SSSR count). The molecule has 0 aliphatic carbocycles. The van der Waals surface area contributed by atoms with Gasteiger partial charge in [0.2, 0.25) is 0 Å². The van der Waals surface area contributed by atoms with E-state index in [9.17, 15) is 18.0 Å². The van der Waals surface area contributed by atoms with Gasteiger partial charge in [0.25, 0.3) is 0 Å². The fourth-order valence-corrected chi connectivity index (χ4v) is 2.66. The van der Waals surface area contributed by atoms with E-state index in [0.717, 1.165) is 6.07 Å². The molecule has 0 unspecified atom stereocenters. The summed E-state index contributed by atoms with van der Waals surface area (Å²) in [6, 6.07) is 10.6. The van der Waals surface area contributed by atoms with Crippen molar-refractivity contribution in [2.75, 3.05) is 7.11 Å². The molecule has 0 bridgehead atoms. The van der Waals surface area contributed by atoms with Crippen LogP contribution in [0.3, 0.4) is 0 Å². The number of aromatic nitrogens is 1. The lowest BCUT2D eigenvalue weighted by molar-refractivity contribution is -0.136. The van der Waals surface area contributed by atoms with Gasteiger partial charge in [-0.15, -0.1) is 0 Å². The molecule has 0 fully saturated rings. The summed E-state index contributed by atoms with van der Waals surface area (Å²) in [4.78, 5) is 14.2. The van der Waals surface area contributed by atoms with Gasteiger partial charge in [-0.2, -0.15) is 13.2 Å². The van der Waals surface area contributed by atoms with Gasteiger partial charge in [0.05, 0.1) is 23.9 Å². The van der Waals surface area contributed by atoms with E-state index >= 15 is 0 Å². The minimum atomic E-state index is -4.51. The molecule has 6 heteroatoms. The number of aldehydes is 1. The zero-order chi connectivity index (χ0) is 16.6. The normalized spacial score (nSPS) is 11.7. The summed E-state index contributed by atoms with van der Waals surface area (Å²) in [6.45, 7) is 0. The summed E-state index contributed by atoms with van der Waals surface area (Å²) in [7, 11) is 1.46. The average molecular weight is 319 g/mol. The van der Waals surface area contributed by atoms with Crippen LogP contribution < -0.4 is 4.74 Å². The number of alkyl halides is 3. The molecule has 23 heavy (non-hydrogen) atoms. The van der Waals surface area contributed by atoms with Crippen LogP contribution in [-0.4, -0.2) is 18.4 Å². The third-order valence-electron chi connectivity index (χ3n) is 3.67. The minimum absolute atomic E-state index is 0.108. The Morgan fingerprint density at radius 1 is 1.09 bits per heavy atom. The molecule has 0 aliphatic rings. The second-order valence-corrected chi connectivity index (χ2v) is 4.96. The maximum atomic E-state index is 13.2. The Kier molecular flexibility index (Phi) is 3.60. The Hall–Kier alpha value is -2.76. The third-order valence-corrected chi connectivity index (χ3v) is 3.67. The van der Waals surface area contributed by atoms with Crippen LogP contribution in [0, 0.1) is 0 Å². The fourth-order valence-electron chi connectivity index (χ4n) is 2.66. The van der Waals surface area contributed by atoms with Gasteiger partial charge in [-0.05, 0) is 18.2 Å². The van der Waals surface area contributed by atoms with Gasteiger partial charge in [-0.3, -0.25) is 4.79 Å². The number of fused-ring (bicyclic) bond motifs is 1. The minimum Gasteiger partial charge on any atom is -0.496 e. The maximum absolute atomic E-state index is 13.2. The number of nitrogens with one attached hydrogen (secondary N) is 1. The lowest BCUT2D eigenvalue weighted by atomic mass is 10.0. The van der Waals surface area contributed by atoms with Crippen molar-refractivity contribution in [3.8, 4) is 17.0 Å². The van der Waals surface area contributed by atoms with Gasteiger partial charge in [-0.1, -0.05) is 24.3 Å². The van der Waals surface area contributed by atoms with E-state index in [1.165, 1.54) is 19.2 Å². The molecule has 0 amide bonds. The van der Waals surface area contributed by atoms with Gasteiger partial charge in [-0.25, -0.2) is 0 Å². The Labute approximate surface area is 129 Å². The first-order valence-electron chi connectivity index (χ1n) is 6.78. The molecule has 1 N–H and O–H groups in total. The Balaban J connectivity index is 2.37. The van der Waals surface area contributed by atoms with Crippen molar-refractivity contribution < 1.29 is 22.7 Å². The quantitative estimate of drug-likeness (QED) is 0.713. The summed E-state index contributed by atoms with van der Waals surface area (Å²) in [5.74, 6) is 0.468. The topological polar surface area (TPSA) is 42.1 Å². The van der Waals surface area contributed by atoms with E-state index in [1.54, 1.807) is 24.3 Å². The predicted octanol–water partition coefficient (Wildman–Crippen LogP) is 4.67. The standard InChI is InChI=1S/C17H12F3NO2/c1-23-14-8-3-2-5-11(14)15-12(9-22)10-6-4-7-13(16(10)21-15)17(18,19)20/h2-9,21H,1H3. The SMILES string of the molecule is COc1ccccc1-c1[nH]c2c(C(F)(F)F)cccc2c1C=O. The predicted molar refractivity (Wildman–Crippen MR) is 80.7 cm³/mol. The summed E-state index contributed by atoms with van der Waals surface area (Å²) in [5, 5.41) is 0.232. The number of H-pyrrole nitrogens is 1. The molecule has 1 heterocycles. The molecule has 3 aromatic rings. The number of ether oxygens (including phenoxy) is 1. The molecule has 0 aliphatic heterocycles. The maximum Gasteiger partial charge on any atom is 0.418 e. The zero-order valence-electron chi connectivity index (χ0n) is 12.1. The van der Waals surface area contributed by atoms with Crippen LogP contribution in [-0.2, 0) is 6.18 Å². The van der Waals surface area contributed by atoms with E-state index in [1.807, 2.05) is 0 Å². The van der Waals surface area contributed by atoms with Crippen molar-refractivity contribution >= 4 is 17.2 Å². The van der Waals surface area contributed by atoms with Crippen molar-refractivity contribution in [2.24, 2.45) is 0 Å². The van der Waals surface area contributed by atoms with Crippen LogP contribution in [0.5, 0.6) is 5.75 Å². The van der Waals surface area contributed by atoms with Gasteiger partial charge in [0, 0.05) is 16.5 Å². The first kappa shape index (κ1) is 15.1. The van der Waals surface area contributed by atoms with Crippen LogP contribution >= 0.6 is 0 Å². The third kappa shape index (κ3) is 2.46. The highest BCUT2D eigenvalue weighted by Crippen LogP contribution is 2.39. The number of benzene rings is 2. The highest BCUT2D eigenvalue weighted by molar-refractivity contribution is 6.06. The van der Waals surface area contributed by atoms with Crippen LogP contribution in [0.15, 0.2) is 42.5 Å². The lowest BCUT2D eigenvalue weighted by Crippen LogP contribution is -2.05. The number of halogens is 3. The molecular formula is C17H12F3NO2. The number of para-hydroxylation sites is 2. The monoisotopic (exact) mass is 319 g/mol. The highest BCUT2D eigenvalue weighted by Gasteiger charge is 2.34. The molecule has 0 spiro atoms. The molecule has 1 aromatic heterocycles. The Bertz CT molecular complexity index is 881. The Morgan fingerprint density at radius 2 is 1.83 bits per heavy atom. The van der Waals surface area contributed by atoms with Crippen LogP contribution in [0.25, 0.3) is 22.2 Å².